The fourth-order valence-corrected chi connectivity index (χ4v) is 1.35. The van der Waals surface area contributed by atoms with Gasteiger partial charge in [0.2, 0.25) is 5.75 Å². The maximum absolute atomic E-state index is 5.50. The number of rotatable bonds is 3. The van der Waals surface area contributed by atoms with Crippen LogP contribution in [0.4, 0.5) is 0 Å². The molecule has 0 aliphatic carbocycles. The summed E-state index contributed by atoms with van der Waals surface area (Å²) in [4.78, 5) is 0. The summed E-state index contributed by atoms with van der Waals surface area (Å²) in [5.74, 6) is 1.58. The second kappa shape index (κ2) is 3.60. The molecule has 5 heteroatoms. The lowest BCUT2D eigenvalue weighted by atomic mass is 10.3. The van der Waals surface area contributed by atoms with Crippen LogP contribution in [-0.2, 0) is 0 Å². The number of hydrogen-bond donors (Lipinski definition) is 2. The summed E-state index contributed by atoms with van der Waals surface area (Å²) in [5, 5.41) is 0. The maximum Gasteiger partial charge on any atom is 0.376 e. The van der Waals surface area contributed by atoms with Crippen LogP contribution in [0.15, 0.2) is 18.2 Å². The minimum atomic E-state index is -1.59. The van der Waals surface area contributed by atoms with Crippen LogP contribution in [0.3, 0.4) is 0 Å². The largest absolute Gasteiger partial charge is 0.490 e. The summed E-state index contributed by atoms with van der Waals surface area (Å²) < 4.78 is 15.9. The molecule has 0 unspecified atom stereocenters. The monoisotopic (exact) mass is 210 g/mol. The highest BCUT2D eigenvalue weighted by molar-refractivity contribution is 5.53. The maximum atomic E-state index is 5.50. The molecule has 1 aliphatic heterocycles. The zero-order valence-corrected chi connectivity index (χ0v) is 8.53. The van der Waals surface area contributed by atoms with E-state index in [2.05, 4.69) is 0 Å². The number of fused-ring (bicyclic) bond motifs is 1. The number of nitrogens with two attached hydrogens (primary N) is 2. The molecule has 0 bridgehead atoms. The normalized spacial score (nSPS) is 16.5. The van der Waals surface area contributed by atoms with E-state index in [0.717, 1.165) is 6.42 Å². The molecule has 1 heterocycles. The Morgan fingerprint density at radius 2 is 2.13 bits per heavy atom. The van der Waals surface area contributed by atoms with Crippen molar-refractivity contribution < 1.29 is 14.2 Å². The zero-order chi connectivity index (χ0) is 10.9. The Balaban J connectivity index is 2.25. The molecule has 0 atom stereocenters. The molecule has 0 aromatic heterocycles. The Morgan fingerprint density at radius 3 is 2.87 bits per heavy atom. The third kappa shape index (κ3) is 1.98. The highest BCUT2D eigenvalue weighted by atomic mass is 16.8. The van der Waals surface area contributed by atoms with Gasteiger partial charge in [-0.3, -0.25) is 0 Å². The van der Waals surface area contributed by atoms with Crippen molar-refractivity contribution in [2.75, 3.05) is 6.61 Å². The lowest BCUT2D eigenvalue weighted by molar-refractivity contribution is -0.0680. The lowest BCUT2D eigenvalue weighted by Gasteiger charge is -2.15. The van der Waals surface area contributed by atoms with E-state index in [9.17, 15) is 0 Å². The van der Waals surface area contributed by atoms with E-state index in [4.69, 9.17) is 25.7 Å². The summed E-state index contributed by atoms with van der Waals surface area (Å²) in [6.45, 7) is 2.64. The lowest BCUT2D eigenvalue weighted by Crippen LogP contribution is -2.56. The summed E-state index contributed by atoms with van der Waals surface area (Å²) in [5.41, 5.74) is 11.0. The first kappa shape index (κ1) is 10.1. The van der Waals surface area contributed by atoms with E-state index in [1.165, 1.54) is 0 Å². The van der Waals surface area contributed by atoms with Crippen molar-refractivity contribution in [3.8, 4) is 17.2 Å². The van der Waals surface area contributed by atoms with Gasteiger partial charge in [-0.25, -0.2) is 11.5 Å². The molecule has 5 nitrogen and oxygen atoms in total. The van der Waals surface area contributed by atoms with Crippen LogP contribution in [0, 0.1) is 0 Å². The fourth-order valence-electron chi connectivity index (χ4n) is 1.35. The molecule has 1 aromatic carbocycles. The molecule has 0 amide bonds. The van der Waals surface area contributed by atoms with E-state index in [0.29, 0.717) is 23.9 Å². The topological polar surface area (TPSA) is 79.7 Å². The van der Waals surface area contributed by atoms with Gasteiger partial charge in [0, 0.05) is 0 Å². The summed E-state index contributed by atoms with van der Waals surface area (Å²) >= 11 is 0. The molecule has 2 rings (SSSR count). The van der Waals surface area contributed by atoms with Gasteiger partial charge in [-0.1, -0.05) is 13.0 Å². The van der Waals surface area contributed by atoms with Crippen LogP contribution in [0.25, 0.3) is 0 Å². The fraction of sp³-hybridized carbons (Fsp3) is 0.400. The minimum absolute atomic E-state index is 0.468. The summed E-state index contributed by atoms with van der Waals surface area (Å²) in [6, 6.07) is 3.73. The first-order chi connectivity index (χ1) is 7.12. The molecule has 82 valence electrons. The second-order valence-electron chi connectivity index (χ2n) is 3.36. The van der Waals surface area contributed by atoms with E-state index in [1.807, 2.05) is 6.92 Å². The number of ether oxygens (including phenoxy) is 3. The molecule has 1 aliphatic rings. The molecule has 1 aromatic rings. The number of hydrogen-bond acceptors (Lipinski definition) is 5. The third-order valence-corrected chi connectivity index (χ3v) is 1.94. The standard InChI is InChI=1S/C10H14N2O3/c1-2-6-13-7-4-3-5-8-9(7)15-10(11,12)14-8/h3-5H,2,6,11-12H2,1H3. The van der Waals surface area contributed by atoms with Gasteiger partial charge in [-0.05, 0) is 18.6 Å². The van der Waals surface area contributed by atoms with Gasteiger partial charge in [-0.2, -0.15) is 0 Å². The van der Waals surface area contributed by atoms with Crippen molar-refractivity contribution in [3.63, 3.8) is 0 Å². The van der Waals surface area contributed by atoms with Gasteiger partial charge in [-0.15, -0.1) is 0 Å². The molecule has 4 N–H and O–H groups in total. The second-order valence-corrected chi connectivity index (χ2v) is 3.36. The first-order valence-electron chi connectivity index (χ1n) is 4.84. The van der Waals surface area contributed by atoms with E-state index in [-0.39, 0.29) is 0 Å². The summed E-state index contributed by atoms with van der Waals surface area (Å²) in [6.07, 6.45) is 0.918. The van der Waals surface area contributed by atoms with E-state index < -0.39 is 6.03 Å². The van der Waals surface area contributed by atoms with Gasteiger partial charge in [0.1, 0.15) is 0 Å². The Bertz CT molecular complexity index is 366. The molecular formula is C10H14N2O3. The zero-order valence-electron chi connectivity index (χ0n) is 8.53. The number of benzene rings is 1. The summed E-state index contributed by atoms with van der Waals surface area (Å²) in [7, 11) is 0. The Kier molecular flexibility index (Phi) is 2.42. The first-order valence-corrected chi connectivity index (χ1v) is 4.84. The van der Waals surface area contributed by atoms with Gasteiger partial charge in [0.25, 0.3) is 0 Å². The third-order valence-electron chi connectivity index (χ3n) is 1.94. The van der Waals surface area contributed by atoms with Crippen molar-refractivity contribution in [2.24, 2.45) is 11.5 Å². The van der Waals surface area contributed by atoms with Gasteiger partial charge in [0.05, 0.1) is 6.61 Å². The molecule has 0 spiro atoms. The Labute approximate surface area is 87.9 Å². The average molecular weight is 210 g/mol. The van der Waals surface area contributed by atoms with Crippen molar-refractivity contribution in [3.05, 3.63) is 18.2 Å². The smallest absolute Gasteiger partial charge is 0.376 e. The van der Waals surface area contributed by atoms with Crippen LogP contribution < -0.4 is 25.7 Å². The van der Waals surface area contributed by atoms with E-state index >= 15 is 0 Å². The quantitative estimate of drug-likeness (QED) is 0.720. The molecule has 15 heavy (non-hydrogen) atoms. The average Bonchev–Trinajstić information content (AvgIpc) is 2.49. The van der Waals surface area contributed by atoms with Gasteiger partial charge < -0.3 is 14.2 Å². The predicted molar refractivity (Wildman–Crippen MR) is 54.6 cm³/mol. The van der Waals surface area contributed by atoms with Crippen LogP contribution in [-0.4, -0.2) is 12.6 Å². The molecule has 0 saturated heterocycles. The van der Waals surface area contributed by atoms with Crippen LogP contribution in [0.5, 0.6) is 17.2 Å². The molecule has 0 saturated carbocycles. The molecular weight excluding hydrogens is 196 g/mol. The van der Waals surface area contributed by atoms with E-state index in [1.54, 1.807) is 18.2 Å². The Hall–Kier alpha value is -1.46. The van der Waals surface area contributed by atoms with Crippen LogP contribution >= 0.6 is 0 Å². The van der Waals surface area contributed by atoms with Gasteiger partial charge >= 0.3 is 6.03 Å². The Morgan fingerprint density at radius 1 is 1.33 bits per heavy atom. The number of para-hydroxylation sites is 1. The van der Waals surface area contributed by atoms with Crippen LogP contribution in [0.2, 0.25) is 0 Å². The highest BCUT2D eigenvalue weighted by Gasteiger charge is 2.35. The van der Waals surface area contributed by atoms with Gasteiger partial charge in [0.15, 0.2) is 11.5 Å². The van der Waals surface area contributed by atoms with Crippen molar-refractivity contribution >= 4 is 0 Å². The van der Waals surface area contributed by atoms with Crippen LogP contribution in [0.1, 0.15) is 13.3 Å². The van der Waals surface area contributed by atoms with Crippen molar-refractivity contribution in [2.45, 2.75) is 19.4 Å². The minimum Gasteiger partial charge on any atom is -0.490 e. The van der Waals surface area contributed by atoms with Crippen molar-refractivity contribution in [1.29, 1.82) is 0 Å². The molecule has 0 radical (unpaired) electrons. The molecule has 0 fully saturated rings. The highest BCUT2D eigenvalue weighted by Crippen LogP contribution is 2.43. The van der Waals surface area contributed by atoms with Crippen molar-refractivity contribution in [1.82, 2.24) is 0 Å². The SMILES string of the molecule is CCCOc1cccc2c1OC(N)(N)O2. The predicted octanol–water partition coefficient (Wildman–Crippen LogP) is 0.775.